The molecule has 0 spiro atoms. The Bertz CT molecular complexity index is 488. The van der Waals surface area contributed by atoms with Crippen molar-refractivity contribution in [3.8, 4) is 0 Å². The number of ether oxygens (including phenoxy) is 1. The lowest BCUT2D eigenvalue weighted by molar-refractivity contribution is -0.870. The summed E-state index contributed by atoms with van der Waals surface area (Å²) in [4.78, 5) is 10.0. The number of nitrogens with one attached hydrogen (secondary N) is 1. The number of phosphoric ester groups is 1. The van der Waals surface area contributed by atoms with Crippen LogP contribution in [0, 0.1) is 0 Å². The van der Waals surface area contributed by atoms with E-state index in [1.807, 2.05) is 28.1 Å². The highest BCUT2D eigenvalue weighted by molar-refractivity contribution is 7.47. The molecule has 0 rings (SSSR count). The van der Waals surface area contributed by atoms with E-state index in [1.54, 1.807) is 0 Å². The fourth-order valence-electron chi connectivity index (χ4n) is 3.69. The molecule has 7 nitrogen and oxygen atoms in total. The van der Waals surface area contributed by atoms with Gasteiger partial charge in [-0.05, 0) is 13.0 Å². The summed E-state index contributed by atoms with van der Waals surface area (Å²) in [7, 11) is 1.92. The molecule has 0 aromatic rings. The maximum atomic E-state index is 12.3. The fourth-order valence-corrected chi connectivity index (χ4v) is 4.58. The molecule has 0 saturated heterocycles. The van der Waals surface area contributed by atoms with Crippen molar-refractivity contribution < 1.29 is 27.7 Å². The molecule has 0 bridgehead atoms. The summed E-state index contributed by atoms with van der Waals surface area (Å²) in [6, 6.07) is 0. The van der Waals surface area contributed by atoms with Crippen LogP contribution in [0.3, 0.4) is 0 Å². The average Bonchev–Trinajstić information content (AvgIpc) is 2.75. The number of likely N-dealkylation sites (N-methyl/N-ethyl adjacent to an activating group) is 2. The maximum absolute atomic E-state index is 12.3. The van der Waals surface area contributed by atoms with Crippen LogP contribution in [0.1, 0.15) is 104 Å². The van der Waals surface area contributed by atoms with E-state index in [4.69, 9.17) is 13.8 Å². The van der Waals surface area contributed by atoms with E-state index in [9.17, 15) is 9.46 Å². The Balaban J connectivity index is 3.76. The predicted octanol–water partition coefficient (Wildman–Crippen LogP) is 6.30. The first-order valence-corrected chi connectivity index (χ1v) is 15.4. The van der Waals surface area contributed by atoms with Crippen LogP contribution in [0.2, 0.25) is 0 Å². The third kappa shape index (κ3) is 25.1. The molecule has 0 aliphatic rings. The van der Waals surface area contributed by atoms with Crippen LogP contribution >= 0.6 is 7.82 Å². The van der Waals surface area contributed by atoms with Crippen molar-refractivity contribution in [2.75, 3.05) is 60.6 Å². The van der Waals surface area contributed by atoms with E-state index in [0.717, 1.165) is 13.0 Å². The van der Waals surface area contributed by atoms with Gasteiger partial charge in [-0.2, -0.15) is 0 Å². The molecule has 2 N–H and O–H groups in total. The molecule has 0 amide bonds. The Morgan fingerprint density at radius 1 is 0.794 bits per heavy atom. The van der Waals surface area contributed by atoms with E-state index in [2.05, 4.69) is 12.2 Å². The van der Waals surface area contributed by atoms with Crippen LogP contribution in [-0.4, -0.2) is 76.1 Å². The van der Waals surface area contributed by atoms with Crippen molar-refractivity contribution in [2.45, 2.75) is 110 Å². The topological polar surface area (TPSA) is 77.0 Å². The summed E-state index contributed by atoms with van der Waals surface area (Å²) in [5.74, 6) is 0. The van der Waals surface area contributed by atoms with Gasteiger partial charge in [0.25, 0.3) is 0 Å². The minimum atomic E-state index is -4.10. The van der Waals surface area contributed by atoms with Crippen molar-refractivity contribution in [2.24, 2.45) is 0 Å². The van der Waals surface area contributed by atoms with Crippen molar-refractivity contribution in [3.63, 3.8) is 0 Å². The molecule has 0 heterocycles. The zero-order valence-corrected chi connectivity index (χ0v) is 24.1. The summed E-state index contributed by atoms with van der Waals surface area (Å²) in [5, 5.41) is 3.16. The lowest BCUT2D eigenvalue weighted by Crippen LogP contribution is -2.37. The normalized spacial score (nSPS) is 14.9. The van der Waals surface area contributed by atoms with Crippen LogP contribution < -0.4 is 5.32 Å². The van der Waals surface area contributed by atoms with Crippen LogP contribution in [-0.2, 0) is 18.3 Å². The third-order valence-corrected chi connectivity index (χ3v) is 6.94. The second-order valence-electron chi connectivity index (χ2n) is 10.5. The lowest BCUT2D eigenvalue weighted by atomic mass is 10.0. The first-order valence-electron chi connectivity index (χ1n) is 13.9. The molecular formula is C26H58N2O5P+. The Morgan fingerprint density at radius 3 is 1.76 bits per heavy atom. The molecule has 206 valence electrons. The molecule has 34 heavy (non-hydrogen) atoms. The summed E-state index contributed by atoms with van der Waals surface area (Å²) >= 11 is 0. The fraction of sp³-hybridized carbons (Fsp3) is 1.00. The molecule has 2 atom stereocenters. The molecule has 0 aliphatic heterocycles. The van der Waals surface area contributed by atoms with E-state index >= 15 is 0 Å². The van der Waals surface area contributed by atoms with Crippen LogP contribution in [0.5, 0.6) is 0 Å². The van der Waals surface area contributed by atoms with Gasteiger partial charge in [-0.25, -0.2) is 4.57 Å². The van der Waals surface area contributed by atoms with E-state index < -0.39 is 13.9 Å². The first-order chi connectivity index (χ1) is 16.2. The highest BCUT2D eigenvalue weighted by atomic mass is 31.2. The number of rotatable bonds is 26. The van der Waals surface area contributed by atoms with Gasteiger partial charge in [0.2, 0.25) is 0 Å². The Morgan fingerprint density at radius 2 is 1.29 bits per heavy atom. The molecule has 0 saturated carbocycles. The first kappa shape index (κ1) is 34.0. The van der Waals surface area contributed by atoms with Crippen molar-refractivity contribution >= 4 is 7.82 Å². The monoisotopic (exact) mass is 509 g/mol. The van der Waals surface area contributed by atoms with Crippen molar-refractivity contribution in [1.29, 1.82) is 0 Å². The van der Waals surface area contributed by atoms with E-state index in [0.29, 0.717) is 24.2 Å². The molecule has 2 unspecified atom stereocenters. The number of hydrogen-bond acceptors (Lipinski definition) is 5. The second kappa shape index (κ2) is 22.2. The van der Waals surface area contributed by atoms with Gasteiger partial charge in [0.05, 0.1) is 27.7 Å². The van der Waals surface area contributed by atoms with E-state index in [1.165, 1.54) is 83.5 Å². The molecular weight excluding hydrogens is 451 g/mol. The molecule has 0 aromatic carbocycles. The summed E-state index contributed by atoms with van der Waals surface area (Å²) in [6.45, 7) is 7.22. The second-order valence-corrected chi connectivity index (χ2v) is 11.9. The smallest absolute Gasteiger partial charge is 0.379 e. The van der Waals surface area contributed by atoms with Gasteiger partial charge in [0.1, 0.15) is 19.3 Å². The van der Waals surface area contributed by atoms with Crippen LogP contribution in [0.25, 0.3) is 0 Å². The standard InChI is InChI=1S/C26H57N2O5P/c1-6-8-9-10-11-12-13-14-15-16-17-18-19-20-22-31-25-26(24-27-7-2)33-34(29,30)32-23-21-28(3,4)5/h26-27H,6-25H2,1-5H3/p+1. The highest BCUT2D eigenvalue weighted by Crippen LogP contribution is 2.44. The van der Waals surface area contributed by atoms with Crippen molar-refractivity contribution in [1.82, 2.24) is 5.32 Å². The highest BCUT2D eigenvalue weighted by Gasteiger charge is 2.27. The van der Waals surface area contributed by atoms with Gasteiger partial charge in [-0.3, -0.25) is 9.05 Å². The molecule has 0 aromatic heterocycles. The van der Waals surface area contributed by atoms with Crippen LogP contribution in [0.15, 0.2) is 0 Å². The van der Waals surface area contributed by atoms with E-state index in [-0.39, 0.29) is 13.2 Å². The number of phosphoric acid groups is 1. The number of nitrogens with zero attached hydrogens (tertiary/aromatic N) is 1. The van der Waals surface area contributed by atoms with Gasteiger partial charge in [-0.1, -0.05) is 97.3 Å². The zero-order valence-electron chi connectivity index (χ0n) is 23.2. The Hall–Kier alpha value is -0.0100. The average molecular weight is 510 g/mol. The van der Waals surface area contributed by atoms with Crippen molar-refractivity contribution in [3.05, 3.63) is 0 Å². The molecule has 0 fully saturated rings. The molecule has 8 heteroatoms. The van der Waals surface area contributed by atoms with Gasteiger partial charge < -0.3 is 19.4 Å². The summed E-state index contributed by atoms with van der Waals surface area (Å²) in [5.41, 5.74) is 0. The van der Waals surface area contributed by atoms with Gasteiger partial charge in [0.15, 0.2) is 0 Å². The maximum Gasteiger partial charge on any atom is 0.472 e. The molecule has 0 radical (unpaired) electrons. The minimum Gasteiger partial charge on any atom is -0.379 e. The Kier molecular flexibility index (Phi) is 22.2. The minimum absolute atomic E-state index is 0.172. The third-order valence-electron chi connectivity index (χ3n) is 5.87. The Labute approximate surface area is 211 Å². The largest absolute Gasteiger partial charge is 0.472 e. The SMILES string of the molecule is CCCCCCCCCCCCCCCCOCC(CNCC)OP(=O)(O)OCC[N+](C)(C)C. The lowest BCUT2D eigenvalue weighted by Gasteiger charge is -2.25. The predicted molar refractivity (Wildman–Crippen MR) is 143 cm³/mol. The molecule has 0 aliphatic carbocycles. The van der Waals surface area contributed by atoms with Crippen LogP contribution in [0.4, 0.5) is 0 Å². The number of quaternary nitrogens is 1. The van der Waals surface area contributed by atoms with Gasteiger partial charge in [0, 0.05) is 13.2 Å². The van der Waals surface area contributed by atoms with Gasteiger partial charge in [-0.15, -0.1) is 0 Å². The zero-order chi connectivity index (χ0) is 25.5. The van der Waals surface area contributed by atoms with Gasteiger partial charge >= 0.3 is 7.82 Å². The number of hydrogen-bond donors (Lipinski definition) is 2. The number of unbranched alkanes of at least 4 members (excludes halogenated alkanes) is 13. The quantitative estimate of drug-likeness (QED) is 0.0809. The summed E-state index contributed by atoms with van der Waals surface area (Å²) < 4.78 is 29.2. The summed E-state index contributed by atoms with van der Waals surface area (Å²) in [6.07, 6.45) is 18.1.